The van der Waals surface area contributed by atoms with Gasteiger partial charge in [0.05, 0.1) is 12.7 Å². The number of rotatable bonds is 5. The molecule has 0 N–H and O–H groups in total. The molecule has 156 valence electrons. The highest BCUT2D eigenvalue weighted by Crippen LogP contribution is 2.62. The number of carbonyl (C=O) groups is 2. The van der Waals surface area contributed by atoms with E-state index < -0.39 is 16.7 Å². The van der Waals surface area contributed by atoms with Gasteiger partial charge in [-0.2, -0.15) is 0 Å². The third-order valence-corrected chi connectivity index (χ3v) is 7.79. The van der Waals surface area contributed by atoms with Crippen molar-refractivity contribution in [1.82, 2.24) is 0 Å². The van der Waals surface area contributed by atoms with Crippen molar-refractivity contribution in [3.63, 3.8) is 0 Å². The van der Waals surface area contributed by atoms with Crippen molar-refractivity contribution in [2.75, 3.05) is 7.11 Å². The van der Waals surface area contributed by atoms with Crippen molar-refractivity contribution in [3.8, 4) is 5.75 Å². The second-order valence-electron chi connectivity index (χ2n) is 9.41. The van der Waals surface area contributed by atoms with Crippen LogP contribution in [-0.4, -0.2) is 18.0 Å². The molecule has 0 aromatic heterocycles. The molecule has 4 fully saturated rings. The van der Waals surface area contributed by atoms with Gasteiger partial charge in [-0.25, -0.2) is 4.39 Å². The first-order chi connectivity index (χ1) is 14.4. The van der Waals surface area contributed by atoms with Crippen LogP contribution < -0.4 is 4.74 Å². The lowest BCUT2D eigenvalue weighted by atomic mass is 9.48. The zero-order valence-corrected chi connectivity index (χ0v) is 17.9. The summed E-state index contributed by atoms with van der Waals surface area (Å²) in [5.41, 5.74) is 1.30. The molecule has 3 nitrogen and oxygen atoms in total. The van der Waals surface area contributed by atoms with Gasteiger partial charge in [0.25, 0.3) is 0 Å². The molecule has 2 aromatic rings. The van der Waals surface area contributed by atoms with E-state index in [-0.39, 0.29) is 22.1 Å². The number of benzene rings is 2. The predicted octanol–water partition coefficient (Wildman–Crippen LogP) is 5.60. The Balaban J connectivity index is 1.62. The van der Waals surface area contributed by atoms with Gasteiger partial charge in [-0.05, 0) is 73.8 Å². The molecule has 0 heterocycles. The van der Waals surface area contributed by atoms with Crippen molar-refractivity contribution in [1.29, 1.82) is 0 Å². The fourth-order valence-electron chi connectivity index (χ4n) is 6.77. The Bertz CT molecular complexity index is 1010. The molecule has 0 atom stereocenters. The second-order valence-corrected chi connectivity index (χ2v) is 9.82. The summed E-state index contributed by atoms with van der Waals surface area (Å²) >= 11 is 3.88. The molecule has 0 saturated heterocycles. The van der Waals surface area contributed by atoms with Gasteiger partial charge in [0.2, 0.25) is 5.12 Å². The normalized spacial score (nSPS) is 29.1. The van der Waals surface area contributed by atoms with Gasteiger partial charge in [0.15, 0.2) is 5.78 Å². The summed E-state index contributed by atoms with van der Waals surface area (Å²) in [7, 11) is 1.56. The SMILES string of the molecule is COc1cc(F)c(C(=O)c2ccccc2C(=O)S)cc1C12CC3CC(CC(C3)C1)C2. The number of hydrogen-bond acceptors (Lipinski definition) is 3. The molecule has 0 aliphatic heterocycles. The largest absolute Gasteiger partial charge is 0.496 e. The summed E-state index contributed by atoms with van der Waals surface area (Å²) < 4.78 is 20.7. The van der Waals surface area contributed by atoms with Crippen molar-refractivity contribution in [2.24, 2.45) is 17.8 Å². The summed E-state index contributed by atoms with van der Waals surface area (Å²) in [5, 5.41) is -0.505. The molecular weight excluding hydrogens is 399 g/mol. The first-order valence-electron chi connectivity index (χ1n) is 10.7. The van der Waals surface area contributed by atoms with Crippen LogP contribution in [0, 0.1) is 23.6 Å². The van der Waals surface area contributed by atoms with Crippen LogP contribution in [0.3, 0.4) is 0 Å². The molecular formula is C25H25FO3S. The third-order valence-electron chi connectivity index (χ3n) is 7.55. The van der Waals surface area contributed by atoms with Crippen LogP contribution in [0.15, 0.2) is 36.4 Å². The van der Waals surface area contributed by atoms with E-state index in [2.05, 4.69) is 12.6 Å². The summed E-state index contributed by atoms with van der Waals surface area (Å²) in [5.74, 6) is 1.57. The molecule has 0 radical (unpaired) electrons. The van der Waals surface area contributed by atoms with E-state index in [9.17, 15) is 9.59 Å². The monoisotopic (exact) mass is 424 g/mol. The summed E-state index contributed by atoms with van der Waals surface area (Å²) in [6.07, 6.45) is 7.14. The lowest BCUT2D eigenvalue weighted by Crippen LogP contribution is -2.48. The highest BCUT2D eigenvalue weighted by Gasteiger charge is 2.52. The number of hydrogen-bond donors (Lipinski definition) is 1. The summed E-state index contributed by atoms with van der Waals surface area (Å²) in [6, 6.07) is 9.51. The van der Waals surface area contributed by atoms with E-state index in [1.165, 1.54) is 25.3 Å². The second kappa shape index (κ2) is 7.23. The average molecular weight is 425 g/mol. The Labute approximate surface area is 181 Å². The Hall–Kier alpha value is -2.14. The third kappa shape index (κ3) is 3.09. The topological polar surface area (TPSA) is 43.4 Å². The smallest absolute Gasteiger partial charge is 0.217 e. The molecule has 30 heavy (non-hydrogen) atoms. The first kappa shape index (κ1) is 19.8. The number of carbonyl (C=O) groups excluding carboxylic acids is 2. The van der Waals surface area contributed by atoms with Crippen LogP contribution >= 0.6 is 12.6 Å². The van der Waals surface area contributed by atoms with E-state index in [0.717, 1.165) is 24.8 Å². The van der Waals surface area contributed by atoms with Crippen molar-refractivity contribution >= 4 is 23.5 Å². The van der Waals surface area contributed by atoms with Crippen LogP contribution in [0.2, 0.25) is 0 Å². The van der Waals surface area contributed by atoms with E-state index in [4.69, 9.17) is 4.74 Å². The van der Waals surface area contributed by atoms with E-state index >= 15 is 4.39 Å². The van der Waals surface area contributed by atoms with Gasteiger partial charge in [-0.3, -0.25) is 9.59 Å². The standard InChI is InChI=1S/C25H25FO3S/c1-29-22-10-21(26)19(23(27)17-4-2-3-5-18(17)24(28)30)9-20(22)25-11-14-6-15(12-25)8-16(7-14)13-25/h2-5,9-10,14-16H,6-8,11-13H2,1H3,(H,28,30). The van der Waals surface area contributed by atoms with E-state index in [1.807, 2.05) is 0 Å². The highest BCUT2D eigenvalue weighted by molar-refractivity contribution is 7.97. The predicted molar refractivity (Wildman–Crippen MR) is 116 cm³/mol. The minimum absolute atomic E-state index is 0.00331. The van der Waals surface area contributed by atoms with Gasteiger partial charge in [0.1, 0.15) is 11.6 Å². The summed E-state index contributed by atoms with van der Waals surface area (Å²) in [6.45, 7) is 0. The first-order valence-corrected chi connectivity index (χ1v) is 11.1. The lowest BCUT2D eigenvalue weighted by molar-refractivity contribution is -0.00620. The van der Waals surface area contributed by atoms with Crippen molar-refractivity contribution < 1.29 is 18.7 Å². The van der Waals surface area contributed by atoms with Crippen LogP contribution in [-0.2, 0) is 5.41 Å². The van der Waals surface area contributed by atoms with Gasteiger partial charge in [0, 0.05) is 22.8 Å². The molecule has 0 unspecified atom stereocenters. The van der Waals surface area contributed by atoms with Crippen LogP contribution in [0.1, 0.15) is 70.4 Å². The van der Waals surface area contributed by atoms with Crippen molar-refractivity contribution in [2.45, 2.75) is 43.9 Å². The molecule has 4 bridgehead atoms. The molecule has 4 aliphatic rings. The molecule has 4 aliphatic carbocycles. The molecule has 5 heteroatoms. The Kier molecular flexibility index (Phi) is 4.77. The van der Waals surface area contributed by atoms with Crippen LogP contribution in [0.5, 0.6) is 5.75 Å². The maximum absolute atomic E-state index is 15.1. The fourth-order valence-corrected chi connectivity index (χ4v) is 6.96. The highest BCUT2D eigenvalue weighted by atomic mass is 32.1. The number of ketones is 1. The van der Waals surface area contributed by atoms with E-state index in [1.54, 1.807) is 37.4 Å². The number of thiol groups is 1. The quantitative estimate of drug-likeness (QED) is 0.502. The van der Waals surface area contributed by atoms with Gasteiger partial charge in [-0.1, -0.05) is 18.2 Å². The molecule has 6 rings (SSSR count). The zero-order valence-electron chi connectivity index (χ0n) is 17.0. The lowest BCUT2D eigenvalue weighted by Gasteiger charge is -2.57. The number of halogens is 1. The average Bonchev–Trinajstić information content (AvgIpc) is 2.71. The minimum atomic E-state index is -0.619. The Morgan fingerprint density at radius 1 is 0.967 bits per heavy atom. The maximum Gasteiger partial charge on any atom is 0.217 e. The van der Waals surface area contributed by atoms with Crippen LogP contribution in [0.25, 0.3) is 0 Å². The minimum Gasteiger partial charge on any atom is -0.496 e. The van der Waals surface area contributed by atoms with Gasteiger partial charge in [-0.15, -0.1) is 12.6 Å². The summed E-state index contributed by atoms with van der Waals surface area (Å²) in [4.78, 5) is 25.2. The fraction of sp³-hybridized carbons (Fsp3) is 0.440. The van der Waals surface area contributed by atoms with Gasteiger partial charge < -0.3 is 4.74 Å². The molecule has 0 spiro atoms. The Morgan fingerprint density at radius 2 is 1.53 bits per heavy atom. The number of ether oxygens (including phenoxy) is 1. The molecule has 2 aromatic carbocycles. The zero-order chi connectivity index (χ0) is 21.0. The molecule has 0 amide bonds. The molecule has 4 saturated carbocycles. The Morgan fingerprint density at radius 3 is 2.07 bits per heavy atom. The van der Waals surface area contributed by atoms with Crippen molar-refractivity contribution in [3.05, 3.63) is 64.5 Å². The van der Waals surface area contributed by atoms with Gasteiger partial charge >= 0.3 is 0 Å². The number of methoxy groups -OCH3 is 1. The van der Waals surface area contributed by atoms with E-state index in [0.29, 0.717) is 23.5 Å². The van der Waals surface area contributed by atoms with Crippen LogP contribution in [0.4, 0.5) is 4.39 Å². The maximum atomic E-state index is 15.1.